The molecule has 0 aliphatic heterocycles. The van der Waals surface area contributed by atoms with Gasteiger partial charge in [0.1, 0.15) is 5.69 Å². The van der Waals surface area contributed by atoms with Gasteiger partial charge in [0.2, 0.25) is 0 Å². The maximum absolute atomic E-state index is 5.61. The number of aryl methyl sites for hydroxylation is 1. The van der Waals surface area contributed by atoms with Gasteiger partial charge < -0.3 is 10.1 Å². The summed E-state index contributed by atoms with van der Waals surface area (Å²) >= 11 is 0. The summed E-state index contributed by atoms with van der Waals surface area (Å²) in [5, 5.41) is 0. The van der Waals surface area contributed by atoms with E-state index in [4.69, 9.17) is 5.73 Å². The molecule has 0 aliphatic carbocycles. The van der Waals surface area contributed by atoms with Crippen LogP contribution in [0, 0.1) is 6.92 Å². The minimum absolute atomic E-state index is 0.406. The van der Waals surface area contributed by atoms with Crippen LogP contribution in [0.3, 0.4) is 0 Å². The van der Waals surface area contributed by atoms with E-state index in [2.05, 4.69) is 51.6 Å². The Morgan fingerprint density at radius 3 is 2.89 bits per heavy atom. The maximum Gasteiger partial charge on any atom is 0.106 e. The first-order valence-corrected chi connectivity index (χ1v) is 5.88. The number of nitrogens with two attached hydrogens (primary N) is 1. The number of pyridine rings is 1. The average molecular weight is 238 g/mol. The van der Waals surface area contributed by atoms with E-state index in [-0.39, 0.29) is 0 Å². The lowest BCUT2D eigenvalue weighted by Gasteiger charge is -2.06. The van der Waals surface area contributed by atoms with Gasteiger partial charge in [0.25, 0.3) is 0 Å². The Balaban J connectivity index is 2.25. The fraction of sp³-hybridized carbons (Fsp3) is 0.143. The molecule has 3 aromatic rings. The van der Waals surface area contributed by atoms with Crippen LogP contribution in [0.1, 0.15) is 11.4 Å². The van der Waals surface area contributed by atoms with Crippen LogP contribution in [0.4, 0.5) is 0 Å². The molecule has 0 bridgehead atoms. The van der Waals surface area contributed by atoms with Gasteiger partial charge in [-0.3, -0.25) is 4.98 Å². The topological polar surface area (TPSA) is 56.2 Å². The van der Waals surface area contributed by atoms with Crippen molar-refractivity contribution < 1.29 is 0 Å². The second-order valence-electron chi connectivity index (χ2n) is 4.25. The van der Waals surface area contributed by atoms with Crippen molar-refractivity contribution in [2.45, 2.75) is 13.5 Å². The molecule has 0 atom stereocenters. The number of hydrogen-bond donors (Lipinski definition) is 1. The summed E-state index contributed by atoms with van der Waals surface area (Å²) in [4.78, 5) is 8.71. The summed E-state index contributed by atoms with van der Waals surface area (Å²) in [6, 6.07) is 10.4. The number of nitrogens with zero attached hydrogens (tertiary/aromatic N) is 3. The van der Waals surface area contributed by atoms with E-state index in [0.717, 1.165) is 22.6 Å². The van der Waals surface area contributed by atoms with Crippen molar-refractivity contribution >= 4 is 5.52 Å². The number of rotatable bonds is 2. The predicted molar refractivity (Wildman–Crippen MR) is 71.1 cm³/mol. The highest BCUT2D eigenvalue weighted by Crippen LogP contribution is 2.22. The van der Waals surface area contributed by atoms with Gasteiger partial charge in [-0.1, -0.05) is 6.07 Å². The Bertz CT molecular complexity index is 700. The first-order chi connectivity index (χ1) is 8.79. The average Bonchev–Trinajstić information content (AvgIpc) is 2.84. The molecule has 3 rings (SSSR count). The van der Waals surface area contributed by atoms with E-state index >= 15 is 0 Å². The first-order valence-electron chi connectivity index (χ1n) is 5.88. The SMILES string of the molecule is Cc1cccc2ccc(-c3cncc(CN)n3)n12. The zero-order chi connectivity index (χ0) is 12.5. The zero-order valence-electron chi connectivity index (χ0n) is 10.2. The molecule has 3 aromatic heterocycles. The minimum Gasteiger partial charge on any atom is -0.325 e. The molecule has 0 radical (unpaired) electrons. The van der Waals surface area contributed by atoms with Crippen LogP contribution >= 0.6 is 0 Å². The lowest BCUT2D eigenvalue weighted by Crippen LogP contribution is -2.02. The molecular formula is C14H14N4. The van der Waals surface area contributed by atoms with Gasteiger partial charge in [-0.2, -0.15) is 0 Å². The van der Waals surface area contributed by atoms with Gasteiger partial charge in [0.05, 0.1) is 17.6 Å². The summed E-state index contributed by atoms with van der Waals surface area (Å²) in [6.45, 7) is 2.49. The zero-order valence-corrected chi connectivity index (χ0v) is 10.2. The van der Waals surface area contributed by atoms with Crippen LogP contribution in [0.15, 0.2) is 42.7 Å². The number of fused-ring (bicyclic) bond motifs is 1. The van der Waals surface area contributed by atoms with Gasteiger partial charge in [0.15, 0.2) is 0 Å². The fourth-order valence-corrected chi connectivity index (χ4v) is 2.16. The van der Waals surface area contributed by atoms with Crippen molar-refractivity contribution in [3.8, 4) is 11.4 Å². The van der Waals surface area contributed by atoms with Crippen LogP contribution in [0.5, 0.6) is 0 Å². The van der Waals surface area contributed by atoms with Crippen LogP contribution < -0.4 is 5.73 Å². The molecule has 2 N–H and O–H groups in total. The van der Waals surface area contributed by atoms with E-state index in [1.165, 1.54) is 5.69 Å². The van der Waals surface area contributed by atoms with Crippen molar-refractivity contribution in [1.82, 2.24) is 14.4 Å². The highest BCUT2D eigenvalue weighted by molar-refractivity contribution is 5.64. The molecule has 3 heterocycles. The molecule has 0 aromatic carbocycles. The van der Waals surface area contributed by atoms with Crippen molar-refractivity contribution in [2.24, 2.45) is 5.73 Å². The smallest absolute Gasteiger partial charge is 0.106 e. The lowest BCUT2D eigenvalue weighted by molar-refractivity contribution is 0.960. The first kappa shape index (κ1) is 10.9. The van der Waals surface area contributed by atoms with Gasteiger partial charge in [0, 0.05) is 24.0 Å². The second-order valence-corrected chi connectivity index (χ2v) is 4.25. The Labute approximate surface area is 105 Å². The van der Waals surface area contributed by atoms with E-state index < -0.39 is 0 Å². The monoisotopic (exact) mass is 238 g/mol. The van der Waals surface area contributed by atoms with Crippen LogP contribution in [-0.4, -0.2) is 14.4 Å². The minimum atomic E-state index is 0.406. The van der Waals surface area contributed by atoms with Crippen molar-refractivity contribution in [1.29, 1.82) is 0 Å². The van der Waals surface area contributed by atoms with Crippen molar-refractivity contribution in [3.05, 3.63) is 54.1 Å². The van der Waals surface area contributed by atoms with Gasteiger partial charge >= 0.3 is 0 Å². The third kappa shape index (κ3) is 1.67. The van der Waals surface area contributed by atoms with E-state index in [0.29, 0.717) is 6.54 Å². The van der Waals surface area contributed by atoms with Crippen LogP contribution in [0.25, 0.3) is 16.9 Å². The largest absolute Gasteiger partial charge is 0.325 e. The number of hydrogen-bond acceptors (Lipinski definition) is 3. The van der Waals surface area contributed by atoms with Gasteiger partial charge in [-0.15, -0.1) is 0 Å². The Hall–Kier alpha value is -2.20. The molecule has 0 fully saturated rings. The number of aromatic nitrogens is 3. The molecular weight excluding hydrogens is 224 g/mol. The van der Waals surface area contributed by atoms with Gasteiger partial charge in [-0.25, -0.2) is 4.98 Å². The summed E-state index contributed by atoms with van der Waals surface area (Å²) in [7, 11) is 0. The van der Waals surface area contributed by atoms with E-state index in [9.17, 15) is 0 Å². The fourth-order valence-electron chi connectivity index (χ4n) is 2.16. The van der Waals surface area contributed by atoms with Crippen molar-refractivity contribution in [2.75, 3.05) is 0 Å². The molecule has 0 spiro atoms. The molecule has 4 heteroatoms. The molecule has 0 amide bonds. The summed E-state index contributed by atoms with van der Waals surface area (Å²) in [5.41, 5.74) is 10.6. The Kier molecular flexibility index (Phi) is 2.57. The Morgan fingerprint density at radius 1 is 1.17 bits per heavy atom. The normalized spacial score (nSPS) is 11.0. The third-order valence-corrected chi connectivity index (χ3v) is 3.02. The van der Waals surface area contributed by atoms with Crippen molar-refractivity contribution in [3.63, 3.8) is 0 Å². The van der Waals surface area contributed by atoms with Gasteiger partial charge in [-0.05, 0) is 31.2 Å². The molecule has 0 saturated carbocycles. The summed E-state index contributed by atoms with van der Waals surface area (Å²) < 4.78 is 2.17. The predicted octanol–water partition coefficient (Wildman–Crippen LogP) is 2.16. The molecule has 90 valence electrons. The Morgan fingerprint density at radius 2 is 2.06 bits per heavy atom. The van der Waals surface area contributed by atoms with E-state index in [1.54, 1.807) is 12.4 Å². The molecule has 4 nitrogen and oxygen atoms in total. The quantitative estimate of drug-likeness (QED) is 0.744. The van der Waals surface area contributed by atoms with Crippen LogP contribution in [0.2, 0.25) is 0 Å². The van der Waals surface area contributed by atoms with E-state index in [1.807, 2.05) is 0 Å². The summed E-state index contributed by atoms with van der Waals surface area (Å²) in [5.74, 6) is 0. The molecule has 0 saturated heterocycles. The third-order valence-electron chi connectivity index (χ3n) is 3.02. The standard InChI is InChI=1S/C14H14N4/c1-10-3-2-4-12-5-6-14(18(10)12)13-9-16-8-11(7-15)17-13/h2-6,8-9H,7,15H2,1H3. The highest BCUT2D eigenvalue weighted by Gasteiger charge is 2.08. The highest BCUT2D eigenvalue weighted by atomic mass is 14.9. The molecule has 0 aliphatic rings. The lowest BCUT2D eigenvalue weighted by atomic mass is 10.3. The second kappa shape index (κ2) is 4.23. The molecule has 18 heavy (non-hydrogen) atoms. The summed E-state index contributed by atoms with van der Waals surface area (Å²) in [6.07, 6.45) is 3.47. The van der Waals surface area contributed by atoms with Crippen LogP contribution in [-0.2, 0) is 6.54 Å². The molecule has 0 unspecified atom stereocenters. The maximum atomic E-state index is 5.61.